The average Bonchev–Trinajstić information content (AvgIpc) is 3.17. The molecule has 2 aromatic heterocycles. The molecule has 8 nitrogen and oxygen atoms in total. The summed E-state index contributed by atoms with van der Waals surface area (Å²) in [5.41, 5.74) is 8.43. The molecule has 0 bridgehead atoms. The molecule has 1 aliphatic rings. The number of imidazole rings is 1. The lowest BCUT2D eigenvalue weighted by molar-refractivity contribution is 0.303. The third-order valence-electron chi connectivity index (χ3n) is 4.64. The minimum Gasteiger partial charge on any atom is -0.497 e. The number of nitrogens with zero attached hydrogens (tertiary/aromatic N) is 4. The van der Waals surface area contributed by atoms with Gasteiger partial charge in [0.2, 0.25) is 5.95 Å². The molecule has 1 aliphatic carbocycles. The highest BCUT2D eigenvalue weighted by atomic mass is 16.5. The molecule has 2 heterocycles. The normalized spacial score (nSPS) is 15.7. The lowest BCUT2D eigenvalue weighted by Gasteiger charge is -2.19. The smallest absolute Gasteiger partial charge is 0.229 e. The van der Waals surface area contributed by atoms with Crippen LogP contribution in [0.3, 0.4) is 0 Å². The topological polar surface area (TPSA) is 103 Å². The summed E-state index contributed by atoms with van der Waals surface area (Å²) < 4.78 is 7.20. The molecule has 0 amide bonds. The highest BCUT2D eigenvalue weighted by molar-refractivity contribution is 5.68. The minimum absolute atomic E-state index is 0.0886. The van der Waals surface area contributed by atoms with Crippen LogP contribution in [0.5, 0.6) is 0 Å². The van der Waals surface area contributed by atoms with E-state index in [0.29, 0.717) is 17.5 Å². The molecular weight excluding hydrogens is 366 g/mol. The van der Waals surface area contributed by atoms with Gasteiger partial charge < -0.3 is 25.7 Å². The zero-order chi connectivity index (χ0) is 20.2. The summed E-state index contributed by atoms with van der Waals surface area (Å²) in [4.78, 5) is 13.2. The van der Waals surface area contributed by atoms with Crippen LogP contribution in [-0.4, -0.2) is 32.7 Å². The minimum atomic E-state index is 0.0886. The van der Waals surface area contributed by atoms with E-state index in [0.717, 1.165) is 29.3 Å². The number of allylic oxidation sites excluding steroid dienone is 1. The summed E-state index contributed by atoms with van der Waals surface area (Å²) in [5, 5.41) is 6.59. The van der Waals surface area contributed by atoms with Gasteiger partial charge in [-0.1, -0.05) is 18.2 Å². The van der Waals surface area contributed by atoms with Gasteiger partial charge in [0.25, 0.3) is 0 Å². The largest absolute Gasteiger partial charge is 0.497 e. The highest BCUT2D eigenvalue weighted by Crippen LogP contribution is 2.25. The fraction of sp³-hybridized carbons (Fsp3) is 0.190. The Labute approximate surface area is 169 Å². The first kappa shape index (κ1) is 18.5. The number of aromatic nitrogens is 4. The first-order valence-electron chi connectivity index (χ1n) is 9.28. The van der Waals surface area contributed by atoms with Crippen molar-refractivity contribution in [3.8, 4) is 11.4 Å². The Morgan fingerprint density at radius 3 is 2.90 bits per heavy atom. The molecule has 29 heavy (non-hydrogen) atoms. The van der Waals surface area contributed by atoms with Crippen LogP contribution in [-0.2, 0) is 11.8 Å². The summed E-state index contributed by atoms with van der Waals surface area (Å²) in [7, 11) is 3.63. The van der Waals surface area contributed by atoms with Crippen LogP contribution >= 0.6 is 0 Å². The van der Waals surface area contributed by atoms with Crippen molar-refractivity contribution in [3.63, 3.8) is 0 Å². The first-order chi connectivity index (χ1) is 14.1. The molecule has 4 rings (SSSR count). The van der Waals surface area contributed by atoms with Gasteiger partial charge in [0, 0.05) is 36.7 Å². The zero-order valence-electron chi connectivity index (χ0n) is 16.3. The van der Waals surface area contributed by atoms with Crippen molar-refractivity contribution in [1.29, 1.82) is 0 Å². The van der Waals surface area contributed by atoms with Crippen LogP contribution < -0.4 is 16.4 Å². The summed E-state index contributed by atoms with van der Waals surface area (Å²) in [6.07, 6.45) is 12.1. The number of hydrogen-bond acceptors (Lipinski definition) is 7. The lowest BCUT2D eigenvalue weighted by Crippen LogP contribution is -2.20. The maximum Gasteiger partial charge on any atom is 0.229 e. The maximum atomic E-state index is 6.07. The number of ether oxygens (including phenoxy) is 1. The lowest BCUT2D eigenvalue weighted by atomic mass is 10.1. The van der Waals surface area contributed by atoms with Gasteiger partial charge in [0.1, 0.15) is 11.6 Å². The zero-order valence-corrected chi connectivity index (χ0v) is 16.3. The fourth-order valence-corrected chi connectivity index (χ4v) is 3.11. The van der Waals surface area contributed by atoms with Crippen molar-refractivity contribution in [2.45, 2.75) is 12.5 Å². The third-order valence-corrected chi connectivity index (χ3v) is 4.64. The molecule has 0 saturated heterocycles. The molecule has 1 aromatic carbocycles. The Morgan fingerprint density at radius 1 is 1.28 bits per heavy atom. The summed E-state index contributed by atoms with van der Waals surface area (Å²) >= 11 is 0. The molecule has 4 N–H and O–H groups in total. The van der Waals surface area contributed by atoms with Gasteiger partial charge in [-0.15, -0.1) is 0 Å². The molecule has 0 saturated carbocycles. The van der Waals surface area contributed by atoms with Gasteiger partial charge in [0.05, 0.1) is 19.0 Å². The number of nitrogen functional groups attached to an aromatic ring is 1. The number of hydrogen-bond donors (Lipinski definition) is 3. The molecule has 0 fully saturated rings. The maximum absolute atomic E-state index is 6.07. The van der Waals surface area contributed by atoms with Crippen LogP contribution in [0, 0.1) is 0 Å². The summed E-state index contributed by atoms with van der Waals surface area (Å²) in [6.45, 7) is 0. The van der Waals surface area contributed by atoms with E-state index < -0.39 is 0 Å². The Balaban J connectivity index is 1.50. The van der Waals surface area contributed by atoms with Crippen LogP contribution in [0.2, 0.25) is 0 Å². The van der Waals surface area contributed by atoms with Gasteiger partial charge in [-0.05, 0) is 30.7 Å². The molecular formula is C21H23N7O. The van der Waals surface area contributed by atoms with Crippen LogP contribution in [0.1, 0.15) is 6.42 Å². The van der Waals surface area contributed by atoms with E-state index in [4.69, 9.17) is 10.5 Å². The van der Waals surface area contributed by atoms with E-state index in [9.17, 15) is 0 Å². The second-order valence-corrected chi connectivity index (χ2v) is 6.72. The Hall–Kier alpha value is -3.81. The third kappa shape index (κ3) is 4.21. The van der Waals surface area contributed by atoms with Crippen molar-refractivity contribution in [2.75, 3.05) is 23.5 Å². The number of rotatable bonds is 6. The Bertz CT molecular complexity index is 1070. The molecule has 148 valence electrons. The predicted octanol–water partition coefficient (Wildman–Crippen LogP) is 3.47. The number of nitrogens with two attached hydrogens (primary N) is 1. The van der Waals surface area contributed by atoms with Crippen LogP contribution in [0.4, 0.5) is 23.1 Å². The number of benzene rings is 1. The Kier molecular flexibility index (Phi) is 5.15. The fourth-order valence-electron chi connectivity index (χ4n) is 3.11. The van der Waals surface area contributed by atoms with Gasteiger partial charge in [-0.3, -0.25) is 0 Å². The van der Waals surface area contributed by atoms with Crippen LogP contribution in [0.15, 0.2) is 66.8 Å². The molecule has 1 unspecified atom stereocenters. The van der Waals surface area contributed by atoms with E-state index in [1.54, 1.807) is 19.5 Å². The van der Waals surface area contributed by atoms with Crippen molar-refractivity contribution in [1.82, 2.24) is 19.5 Å². The number of nitrogens with one attached hydrogen (secondary N) is 2. The van der Waals surface area contributed by atoms with Crippen molar-refractivity contribution >= 4 is 23.1 Å². The van der Waals surface area contributed by atoms with E-state index in [2.05, 4.69) is 25.6 Å². The second-order valence-electron chi connectivity index (χ2n) is 6.72. The van der Waals surface area contributed by atoms with Crippen molar-refractivity contribution in [2.24, 2.45) is 7.05 Å². The average molecular weight is 389 g/mol. The van der Waals surface area contributed by atoms with E-state index >= 15 is 0 Å². The quantitative estimate of drug-likeness (QED) is 0.593. The monoisotopic (exact) mass is 389 g/mol. The SMILES string of the molecule is COC1=CCC(Nc2nc(Nc3cccc(-c4nccn4C)c3)ncc2N)C=C1. The molecule has 3 aromatic rings. The molecule has 8 heteroatoms. The highest BCUT2D eigenvalue weighted by Gasteiger charge is 2.13. The number of anilines is 4. The number of aryl methyl sites for hydroxylation is 1. The standard InChI is InChI=1S/C21H23N7O/c1-28-11-10-23-20(28)14-4-3-5-16(12-14)26-21-24-13-18(22)19(27-21)25-15-6-8-17(29-2)9-7-15/h3-6,8-13,15H,7,22H2,1-2H3,(H2,24,25,26,27). The first-order valence-corrected chi connectivity index (χ1v) is 9.28. The van der Waals surface area contributed by atoms with Crippen LogP contribution in [0.25, 0.3) is 11.4 Å². The van der Waals surface area contributed by atoms with E-state index in [-0.39, 0.29) is 6.04 Å². The van der Waals surface area contributed by atoms with Gasteiger partial charge in [-0.25, -0.2) is 9.97 Å². The molecule has 0 spiro atoms. The summed E-state index contributed by atoms with van der Waals surface area (Å²) in [6, 6.07) is 8.04. The molecule has 0 aliphatic heterocycles. The summed E-state index contributed by atoms with van der Waals surface area (Å²) in [5.74, 6) is 2.80. The molecule has 1 atom stereocenters. The van der Waals surface area contributed by atoms with Gasteiger partial charge in [0.15, 0.2) is 5.82 Å². The van der Waals surface area contributed by atoms with Gasteiger partial charge >= 0.3 is 0 Å². The van der Waals surface area contributed by atoms with E-state index in [1.165, 1.54) is 0 Å². The van der Waals surface area contributed by atoms with E-state index in [1.807, 2.05) is 60.3 Å². The van der Waals surface area contributed by atoms with Crippen molar-refractivity contribution < 1.29 is 4.74 Å². The second kappa shape index (κ2) is 8.05. The number of methoxy groups -OCH3 is 1. The molecule has 0 radical (unpaired) electrons. The Morgan fingerprint density at radius 2 is 2.17 bits per heavy atom. The van der Waals surface area contributed by atoms with Gasteiger partial charge in [-0.2, -0.15) is 4.98 Å². The predicted molar refractivity (Wildman–Crippen MR) is 115 cm³/mol. The van der Waals surface area contributed by atoms with Crippen molar-refractivity contribution in [3.05, 3.63) is 66.8 Å².